The number of fused-ring (bicyclic) bond motifs is 5. The standard InChI is InChI=1S/C24H36O4/c1-15(25)27-21-9-8-19-18-7-6-17-14-22(3,28-16(2)26)12-13-23(17,4)20(18)10-11-24(19,21)5/h6,18-21H,7-14H2,1-5H3/t18-,19-,20+,21-,22-,23-,24-/m0/s1. The maximum atomic E-state index is 11.6. The highest BCUT2D eigenvalue weighted by Crippen LogP contribution is 2.66. The van der Waals surface area contributed by atoms with E-state index in [0.29, 0.717) is 17.8 Å². The van der Waals surface area contributed by atoms with Gasteiger partial charge < -0.3 is 9.47 Å². The van der Waals surface area contributed by atoms with E-state index in [1.54, 1.807) is 6.92 Å². The first-order chi connectivity index (χ1) is 13.1. The third-order valence-corrected chi connectivity index (χ3v) is 8.97. The second-order valence-corrected chi connectivity index (χ2v) is 10.7. The average Bonchev–Trinajstić information content (AvgIpc) is 2.91. The van der Waals surface area contributed by atoms with Crippen LogP contribution in [-0.2, 0) is 19.1 Å². The lowest BCUT2D eigenvalue weighted by Gasteiger charge is -2.58. The fourth-order valence-electron chi connectivity index (χ4n) is 7.57. The second kappa shape index (κ2) is 6.60. The van der Waals surface area contributed by atoms with Crippen molar-refractivity contribution in [3.63, 3.8) is 0 Å². The number of ether oxygens (including phenoxy) is 2. The summed E-state index contributed by atoms with van der Waals surface area (Å²) in [5.74, 6) is 1.72. The minimum atomic E-state index is -0.346. The summed E-state index contributed by atoms with van der Waals surface area (Å²) in [5.41, 5.74) is 1.53. The summed E-state index contributed by atoms with van der Waals surface area (Å²) in [6, 6.07) is 0. The molecule has 3 saturated carbocycles. The maximum absolute atomic E-state index is 11.6. The quantitative estimate of drug-likeness (QED) is 0.482. The molecule has 4 rings (SSSR count). The zero-order valence-corrected chi connectivity index (χ0v) is 18.2. The van der Waals surface area contributed by atoms with E-state index in [1.807, 2.05) is 0 Å². The third kappa shape index (κ3) is 3.02. The van der Waals surface area contributed by atoms with Gasteiger partial charge in [0.15, 0.2) is 0 Å². The minimum absolute atomic E-state index is 0.0905. The van der Waals surface area contributed by atoms with Crippen LogP contribution in [0.1, 0.15) is 86.0 Å². The highest BCUT2D eigenvalue weighted by Gasteiger charge is 2.60. The van der Waals surface area contributed by atoms with E-state index in [2.05, 4.69) is 26.8 Å². The molecule has 4 nitrogen and oxygen atoms in total. The smallest absolute Gasteiger partial charge is 0.303 e. The fourth-order valence-corrected chi connectivity index (χ4v) is 7.57. The normalized spacial score (nSPS) is 47.2. The Balaban J connectivity index is 1.58. The van der Waals surface area contributed by atoms with Crippen molar-refractivity contribution in [1.29, 1.82) is 0 Å². The molecule has 4 aliphatic rings. The summed E-state index contributed by atoms with van der Waals surface area (Å²) in [5, 5.41) is 0. The van der Waals surface area contributed by atoms with Gasteiger partial charge in [0, 0.05) is 25.7 Å². The lowest BCUT2D eigenvalue weighted by atomic mass is 9.47. The average molecular weight is 389 g/mol. The number of carbonyl (C=O) groups is 2. The van der Waals surface area contributed by atoms with Gasteiger partial charge in [0.25, 0.3) is 0 Å². The third-order valence-electron chi connectivity index (χ3n) is 8.97. The molecule has 0 aliphatic heterocycles. The molecule has 3 fully saturated rings. The first kappa shape index (κ1) is 20.0. The SMILES string of the molecule is CC(=O)O[C@H]1CC[C@H]2[C@@H]3CC=C4C[C@@](C)(OC(C)=O)CC[C@]4(C)[C@@H]3CC[C@]12C. The Morgan fingerprint density at radius 3 is 2.39 bits per heavy atom. The van der Waals surface area contributed by atoms with Crippen LogP contribution in [0.25, 0.3) is 0 Å². The van der Waals surface area contributed by atoms with Crippen LogP contribution in [0.15, 0.2) is 11.6 Å². The van der Waals surface area contributed by atoms with Crippen molar-refractivity contribution in [2.75, 3.05) is 0 Å². The Morgan fingerprint density at radius 2 is 1.71 bits per heavy atom. The molecule has 4 heteroatoms. The van der Waals surface area contributed by atoms with Gasteiger partial charge in [-0.3, -0.25) is 9.59 Å². The summed E-state index contributed by atoms with van der Waals surface area (Å²) in [4.78, 5) is 23.2. The van der Waals surface area contributed by atoms with E-state index in [4.69, 9.17) is 9.47 Å². The molecule has 0 radical (unpaired) electrons. The molecule has 0 aromatic carbocycles. The van der Waals surface area contributed by atoms with Gasteiger partial charge in [-0.15, -0.1) is 0 Å². The number of carbonyl (C=O) groups excluding carboxylic acids is 2. The van der Waals surface area contributed by atoms with Crippen LogP contribution in [0.2, 0.25) is 0 Å². The molecule has 0 amide bonds. The predicted molar refractivity (Wildman–Crippen MR) is 107 cm³/mol. The molecule has 7 atom stereocenters. The van der Waals surface area contributed by atoms with E-state index >= 15 is 0 Å². The highest BCUT2D eigenvalue weighted by atomic mass is 16.6. The van der Waals surface area contributed by atoms with Gasteiger partial charge in [0.2, 0.25) is 0 Å². The number of allylic oxidation sites excluding steroid dienone is 1. The number of rotatable bonds is 2. The minimum Gasteiger partial charge on any atom is -0.462 e. The van der Waals surface area contributed by atoms with Crippen LogP contribution in [0, 0.1) is 28.6 Å². The van der Waals surface area contributed by atoms with Crippen molar-refractivity contribution in [1.82, 2.24) is 0 Å². The number of esters is 2. The van der Waals surface area contributed by atoms with Gasteiger partial charge in [-0.05, 0) is 75.0 Å². The van der Waals surface area contributed by atoms with Crippen LogP contribution in [0.3, 0.4) is 0 Å². The van der Waals surface area contributed by atoms with Gasteiger partial charge in [-0.25, -0.2) is 0 Å². The zero-order valence-electron chi connectivity index (χ0n) is 18.2. The molecular weight excluding hydrogens is 352 g/mol. The first-order valence-electron chi connectivity index (χ1n) is 11.1. The summed E-state index contributed by atoms with van der Waals surface area (Å²) in [6.45, 7) is 9.99. The second-order valence-electron chi connectivity index (χ2n) is 10.7. The van der Waals surface area contributed by atoms with E-state index < -0.39 is 0 Å². The molecule has 156 valence electrons. The van der Waals surface area contributed by atoms with E-state index in [-0.39, 0.29) is 34.5 Å². The van der Waals surface area contributed by atoms with Crippen LogP contribution in [0.5, 0.6) is 0 Å². The summed E-state index contributed by atoms with van der Waals surface area (Å²) in [6.07, 6.45) is 11.2. The molecule has 0 aromatic rings. The van der Waals surface area contributed by atoms with Crippen LogP contribution >= 0.6 is 0 Å². The zero-order chi connectivity index (χ0) is 20.3. The molecular formula is C24H36O4. The molecule has 0 unspecified atom stereocenters. The highest BCUT2D eigenvalue weighted by molar-refractivity contribution is 5.66. The number of hydrogen-bond donors (Lipinski definition) is 0. The Bertz CT molecular complexity index is 711. The molecule has 0 N–H and O–H groups in total. The van der Waals surface area contributed by atoms with Crippen LogP contribution < -0.4 is 0 Å². The predicted octanol–water partition coefficient (Wildman–Crippen LogP) is 5.20. The van der Waals surface area contributed by atoms with Crippen molar-refractivity contribution >= 4 is 11.9 Å². The largest absolute Gasteiger partial charge is 0.462 e. The first-order valence-corrected chi connectivity index (χ1v) is 11.1. The fraction of sp³-hybridized carbons (Fsp3) is 0.833. The number of hydrogen-bond acceptors (Lipinski definition) is 4. The van der Waals surface area contributed by atoms with Crippen molar-refractivity contribution in [3.05, 3.63) is 11.6 Å². The summed E-state index contributed by atoms with van der Waals surface area (Å²) in [7, 11) is 0. The molecule has 0 bridgehead atoms. The Morgan fingerprint density at radius 1 is 0.964 bits per heavy atom. The van der Waals surface area contributed by atoms with Gasteiger partial charge >= 0.3 is 11.9 Å². The lowest BCUT2D eigenvalue weighted by molar-refractivity contribution is -0.161. The van der Waals surface area contributed by atoms with E-state index in [1.165, 1.54) is 25.3 Å². The Hall–Kier alpha value is -1.32. The molecule has 0 saturated heterocycles. The Labute approximate surface area is 169 Å². The Kier molecular flexibility index (Phi) is 4.71. The van der Waals surface area contributed by atoms with E-state index in [0.717, 1.165) is 38.5 Å². The lowest BCUT2D eigenvalue weighted by Crippen LogP contribution is -2.53. The van der Waals surface area contributed by atoms with Crippen molar-refractivity contribution in [3.8, 4) is 0 Å². The van der Waals surface area contributed by atoms with Crippen molar-refractivity contribution in [2.45, 2.75) is 97.7 Å². The molecule has 0 aromatic heterocycles. The molecule has 28 heavy (non-hydrogen) atoms. The molecule has 0 spiro atoms. The molecule has 4 aliphatic carbocycles. The summed E-state index contributed by atoms with van der Waals surface area (Å²) >= 11 is 0. The van der Waals surface area contributed by atoms with Gasteiger partial charge in [0.05, 0.1) is 0 Å². The van der Waals surface area contributed by atoms with Crippen LogP contribution in [0.4, 0.5) is 0 Å². The topological polar surface area (TPSA) is 52.6 Å². The monoisotopic (exact) mass is 388 g/mol. The van der Waals surface area contributed by atoms with E-state index in [9.17, 15) is 9.59 Å². The van der Waals surface area contributed by atoms with Crippen molar-refractivity contribution in [2.24, 2.45) is 28.6 Å². The molecule has 0 heterocycles. The van der Waals surface area contributed by atoms with Gasteiger partial charge in [0.1, 0.15) is 11.7 Å². The van der Waals surface area contributed by atoms with Crippen molar-refractivity contribution < 1.29 is 19.1 Å². The van der Waals surface area contributed by atoms with Gasteiger partial charge in [-0.2, -0.15) is 0 Å². The summed E-state index contributed by atoms with van der Waals surface area (Å²) < 4.78 is 11.5. The van der Waals surface area contributed by atoms with Gasteiger partial charge in [-0.1, -0.05) is 25.5 Å². The maximum Gasteiger partial charge on any atom is 0.303 e. The van der Waals surface area contributed by atoms with Crippen LogP contribution in [-0.4, -0.2) is 23.6 Å².